The highest BCUT2D eigenvalue weighted by molar-refractivity contribution is 7.19. The van der Waals surface area contributed by atoms with Gasteiger partial charge in [0.15, 0.2) is 6.10 Å². The van der Waals surface area contributed by atoms with Crippen molar-refractivity contribution in [1.82, 2.24) is 0 Å². The van der Waals surface area contributed by atoms with Crippen molar-refractivity contribution in [2.24, 2.45) is 0 Å². The Morgan fingerprint density at radius 2 is 1.85 bits per heavy atom. The molecule has 1 fully saturated rings. The number of esters is 1. The molecule has 184 valence electrons. The highest BCUT2D eigenvalue weighted by Crippen LogP contribution is 2.46. The van der Waals surface area contributed by atoms with E-state index in [-0.39, 0.29) is 24.5 Å². The molecule has 3 heterocycles. The number of thiophene rings is 1. The highest BCUT2D eigenvalue weighted by Gasteiger charge is 2.46. The fraction of sp³-hybridized carbons (Fsp3) is 0.435. The van der Waals surface area contributed by atoms with Crippen molar-refractivity contribution in [3.05, 3.63) is 52.4 Å². The maximum absolute atomic E-state index is 12.8. The SMILES string of the molecule is O=C1O[C@H](/C=C/C=C/CCO)c2c(O[C@@H]3O[C@H](CO)[C@@H](O)[C@H](O)[C@H]3O)cc3cc(CO)sc3c21. The van der Waals surface area contributed by atoms with E-state index in [1.807, 2.05) is 0 Å². The summed E-state index contributed by atoms with van der Waals surface area (Å²) in [6, 6.07) is 3.32. The maximum atomic E-state index is 12.8. The summed E-state index contributed by atoms with van der Waals surface area (Å²) < 4.78 is 17.5. The standard InChI is InChI=1S/C23H26O10S/c24-6-4-2-1-3-5-13-16-14(32-23-20(29)19(28)18(27)15(10-26)33-23)8-11-7-12(9-25)34-21(11)17(16)22(30)31-13/h1-3,5,7-8,13,15,18-20,23-29H,4,6,9-10H2/b2-1+,5-3+/t13-,15-,18-,19+,20-,23-/m1/s1. The second kappa shape index (κ2) is 10.5. The van der Waals surface area contributed by atoms with Crippen LogP contribution in [0.5, 0.6) is 5.75 Å². The minimum absolute atomic E-state index is 0.00617. The summed E-state index contributed by atoms with van der Waals surface area (Å²) in [7, 11) is 0. The van der Waals surface area contributed by atoms with Crippen LogP contribution in [0, 0.1) is 0 Å². The lowest BCUT2D eigenvalue weighted by atomic mass is 9.98. The fourth-order valence-electron chi connectivity index (χ4n) is 3.96. The summed E-state index contributed by atoms with van der Waals surface area (Å²) in [5.41, 5.74) is 0.642. The minimum Gasteiger partial charge on any atom is -0.461 e. The normalized spacial score (nSPS) is 29.3. The topological polar surface area (TPSA) is 166 Å². The second-order valence-corrected chi connectivity index (χ2v) is 9.06. The minimum atomic E-state index is -1.63. The van der Waals surface area contributed by atoms with E-state index in [9.17, 15) is 30.3 Å². The molecule has 2 aliphatic rings. The summed E-state index contributed by atoms with van der Waals surface area (Å²) in [5, 5.41) is 59.1. The molecule has 0 amide bonds. The van der Waals surface area contributed by atoms with E-state index in [1.165, 1.54) is 11.3 Å². The summed E-state index contributed by atoms with van der Waals surface area (Å²) >= 11 is 1.24. The zero-order valence-electron chi connectivity index (χ0n) is 18.0. The number of cyclic esters (lactones) is 1. The predicted octanol–water partition coefficient (Wildman–Crippen LogP) is 0.279. The van der Waals surface area contributed by atoms with Crippen LogP contribution < -0.4 is 4.74 Å². The van der Waals surface area contributed by atoms with Crippen LogP contribution in [0.15, 0.2) is 36.4 Å². The maximum Gasteiger partial charge on any atom is 0.341 e. The van der Waals surface area contributed by atoms with Crippen LogP contribution in [0.1, 0.15) is 33.3 Å². The van der Waals surface area contributed by atoms with Gasteiger partial charge in [0.1, 0.15) is 30.2 Å². The third-order valence-electron chi connectivity index (χ3n) is 5.66. The fourth-order valence-corrected chi connectivity index (χ4v) is 5.00. The first-order valence-corrected chi connectivity index (χ1v) is 11.5. The summed E-state index contributed by atoms with van der Waals surface area (Å²) in [6.07, 6.45) is -1.02. The quantitative estimate of drug-likeness (QED) is 0.222. The molecule has 1 aromatic heterocycles. The van der Waals surface area contributed by atoms with Gasteiger partial charge in [-0.2, -0.15) is 0 Å². The number of carbonyl (C=O) groups excluding carboxylic acids is 1. The van der Waals surface area contributed by atoms with E-state index in [1.54, 1.807) is 36.4 Å². The Morgan fingerprint density at radius 3 is 2.56 bits per heavy atom. The van der Waals surface area contributed by atoms with E-state index in [2.05, 4.69) is 0 Å². The van der Waals surface area contributed by atoms with Gasteiger partial charge in [0.25, 0.3) is 0 Å². The van der Waals surface area contributed by atoms with Gasteiger partial charge < -0.3 is 44.8 Å². The van der Waals surface area contributed by atoms with Crippen molar-refractivity contribution in [3.63, 3.8) is 0 Å². The molecule has 10 nitrogen and oxygen atoms in total. The molecule has 4 rings (SSSR count). The number of aliphatic hydroxyl groups excluding tert-OH is 6. The van der Waals surface area contributed by atoms with E-state index < -0.39 is 49.4 Å². The smallest absolute Gasteiger partial charge is 0.341 e. The zero-order valence-corrected chi connectivity index (χ0v) is 18.8. The number of aliphatic hydroxyl groups is 6. The van der Waals surface area contributed by atoms with E-state index in [0.29, 0.717) is 26.9 Å². The van der Waals surface area contributed by atoms with Gasteiger partial charge in [-0.25, -0.2) is 4.79 Å². The summed E-state index contributed by atoms with van der Waals surface area (Å²) in [6.45, 7) is -0.823. The van der Waals surface area contributed by atoms with Gasteiger partial charge in [-0.05, 0) is 30.0 Å². The lowest BCUT2D eigenvalue weighted by Gasteiger charge is -2.39. The average molecular weight is 495 g/mol. The lowest BCUT2D eigenvalue weighted by Crippen LogP contribution is -2.60. The molecular formula is C23H26O10S. The van der Waals surface area contributed by atoms with Gasteiger partial charge in [0, 0.05) is 16.2 Å². The second-order valence-electron chi connectivity index (χ2n) is 7.92. The van der Waals surface area contributed by atoms with Crippen molar-refractivity contribution in [2.75, 3.05) is 13.2 Å². The van der Waals surface area contributed by atoms with Crippen molar-refractivity contribution < 1.29 is 49.6 Å². The summed E-state index contributed by atoms with van der Waals surface area (Å²) in [4.78, 5) is 13.4. The molecule has 34 heavy (non-hydrogen) atoms. The number of carbonyl (C=O) groups is 1. The molecule has 1 aromatic carbocycles. The molecule has 0 radical (unpaired) electrons. The van der Waals surface area contributed by atoms with Crippen LogP contribution in [0.2, 0.25) is 0 Å². The molecule has 2 aliphatic heterocycles. The van der Waals surface area contributed by atoms with Crippen molar-refractivity contribution >= 4 is 27.4 Å². The van der Waals surface area contributed by atoms with Crippen molar-refractivity contribution in [2.45, 2.75) is 49.8 Å². The van der Waals surface area contributed by atoms with Crippen molar-refractivity contribution in [3.8, 4) is 5.75 Å². The number of hydrogen-bond donors (Lipinski definition) is 6. The molecule has 0 unspecified atom stereocenters. The first kappa shape index (κ1) is 24.8. The van der Waals surface area contributed by atoms with Gasteiger partial charge in [0.2, 0.25) is 6.29 Å². The Morgan fingerprint density at radius 1 is 1.06 bits per heavy atom. The zero-order chi connectivity index (χ0) is 24.4. The Balaban J connectivity index is 1.75. The molecule has 0 saturated carbocycles. The molecule has 0 spiro atoms. The number of fused-ring (bicyclic) bond motifs is 3. The molecule has 2 aromatic rings. The third-order valence-corrected chi connectivity index (χ3v) is 6.81. The van der Waals surface area contributed by atoms with Crippen LogP contribution in [0.25, 0.3) is 10.1 Å². The Kier molecular flexibility index (Phi) is 7.65. The molecule has 0 aliphatic carbocycles. The number of allylic oxidation sites excluding steroid dienone is 2. The van der Waals surface area contributed by atoms with E-state index >= 15 is 0 Å². The van der Waals surface area contributed by atoms with E-state index in [0.717, 1.165) is 0 Å². The summed E-state index contributed by atoms with van der Waals surface area (Å²) in [5.74, 6) is -0.437. The molecule has 6 N–H and O–H groups in total. The van der Waals surface area contributed by atoms with Crippen LogP contribution in [-0.4, -0.2) is 80.5 Å². The van der Waals surface area contributed by atoms with Gasteiger partial charge in [-0.15, -0.1) is 11.3 Å². The molecular weight excluding hydrogens is 468 g/mol. The van der Waals surface area contributed by atoms with Crippen LogP contribution in [0.4, 0.5) is 0 Å². The Labute approximate surface area is 198 Å². The number of ether oxygens (including phenoxy) is 3. The van der Waals surface area contributed by atoms with Gasteiger partial charge in [-0.1, -0.05) is 18.2 Å². The Hall–Kier alpha value is -2.35. The van der Waals surface area contributed by atoms with E-state index in [4.69, 9.17) is 19.3 Å². The molecule has 11 heteroatoms. The van der Waals surface area contributed by atoms with Crippen LogP contribution in [0.3, 0.4) is 0 Å². The number of benzene rings is 1. The molecule has 1 saturated heterocycles. The first-order valence-electron chi connectivity index (χ1n) is 10.7. The van der Waals surface area contributed by atoms with Crippen molar-refractivity contribution in [1.29, 1.82) is 0 Å². The Bertz CT molecular complexity index is 1090. The predicted molar refractivity (Wildman–Crippen MR) is 120 cm³/mol. The van der Waals surface area contributed by atoms with Crippen LogP contribution >= 0.6 is 11.3 Å². The molecule has 6 atom stereocenters. The third kappa shape index (κ3) is 4.61. The van der Waals surface area contributed by atoms with Gasteiger partial charge >= 0.3 is 5.97 Å². The van der Waals surface area contributed by atoms with Crippen LogP contribution in [-0.2, 0) is 16.1 Å². The molecule has 0 bridgehead atoms. The monoisotopic (exact) mass is 494 g/mol. The van der Waals surface area contributed by atoms with Gasteiger partial charge in [-0.3, -0.25) is 0 Å². The number of rotatable bonds is 8. The number of hydrogen-bond acceptors (Lipinski definition) is 11. The largest absolute Gasteiger partial charge is 0.461 e. The lowest BCUT2D eigenvalue weighted by molar-refractivity contribution is -0.277. The first-order chi connectivity index (χ1) is 16.4. The van der Waals surface area contributed by atoms with Gasteiger partial charge in [0.05, 0.1) is 24.3 Å². The highest BCUT2D eigenvalue weighted by atomic mass is 32.1. The average Bonchev–Trinajstić information content (AvgIpc) is 3.39.